The predicted molar refractivity (Wildman–Crippen MR) is 96.7 cm³/mol. The number of thiazole rings is 1. The first-order valence-electron chi connectivity index (χ1n) is 8.39. The van der Waals surface area contributed by atoms with Crippen LogP contribution >= 0.6 is 11.3 Å². The van der Waals surface area contributed by atoms with Crippen LogP contribution in [0.3, 0.4) is 0 Å². The van der Waals surface area contributed by atoms with Crippen molar-refractivity contribution in [1.29, 1.82) is 0 Å². The molecule has 1 saturated carbocycles. The summed E-state index contributed by atoms with van der Waals surface area (Å²) in [6.07, 6.45) is 2.25. The highest BCUT2D eigenvalue weighted by atomic mass is 32.1. The Hall–Kier alpha value is -2.47. The molecule has 25 heavy (non-hydrogen) atoms. The molecular formula is C19H19N3O2S. The zero-order valence-corrected chi connectivity index (χ0v) is 15.0. The van der Waals surface area contributed by atoms with E-state index in [0.717, 1.165) is 39.7 Å². The van der Waals surface area contributed by atoms with Gasteiger partial charge in [0.05, 0.1) is 12.2 Å². The number of carbonyl (C=O) groups excluding carboxylic acids is 1. The molecule has 1 aromatic carbocycles. The van der Waals surface area contributed by atoms with E-state index in [2.05, 4.69) is 34.5 Å². The van der Waals surface area contributed by atoms with Crippen LogP contribution < -0.4 is 5.32 Å². The highest BCUT2D eigenvalue weighted by Gasteiger charge is 2.28. The van der Waals surface area contributed by atoms with Crippen LogP contribution in [-0.2, 0) is 6.54 Å². The minimum Gasteiger partial charge on any atom is -0.360 e. The number of hydrogen-bond donors (Lipinski definition) is 1. The van der Waals surface area contributed by atoms with Gasteiger partial charge in [-0.1, -0.05) is 29.4 Å². The number of amides is 1. The number of carbonyl (C=O) groups is 1. The summed E-state index contributed by atoms with van der Waals surface area (Å²) in [6.45, 7) is 4.50. The summed E-state index contributed by atoms with van der Waals surface area (Å²) >= 11 is 1.61. The Morgan fingerprint density at radius 2 is 2.12 bits per heavy atom. The molecule has 4 rings (SSSR count). The molecule has 0 saturated heterocycles. The van der Waals surface area contributed by atoms with E-state index in [0.29, 0.717) is 18.2 Å². The molecule has 0 radical (unpaired) electrons. The second-order valence-electron chi connectivity index (χ2n) is 6.41. The fourth-order valence-corrected chi connectivity index (χ4v) is 3.82. The van der Waals surface area contributed by atoms with Gasteiger partial charge in [-0.05, 0) is 32.3 Å². The molecular weight excluding hydrogens is 334 g/mol. The molecule has 1 N–H and O–H groups in total. The highest BCUT2D eigenvalue weighted by Crippen LogP contribution is 2.40. The van der Waals surface area contributed by atoms with Gasteiger partial charge in [-0.3, -0.25) is 4.79 Å². The summed E-state index contributed by atoms with van der Waals surface area (Å²) in [5.74, 6) is 1.07. The lowest BCUT2D eigenvalue weighted by atomic mass is 10.1. The zero-order valence-electron chi connectivity index (χ0n) is 14.2. The largest absolute Gasteiger partial charge is 0.360 e. The van der Waals surface area contributed by atoms with Crippen LogP contribution in [0, 0.1) is 13.8 Å². The number of hydrogen-bond acceptors (Lipinski definition) is 5. The maximum absolute atomic E-state index is 12.3. The van der Waals surface area contributed by atoms with E-state index in [9.17, 15) is 4.79 Å². The molecule has 1 aliphatic carbocycles. The van der Waals surface area contributed by atoms with Crippen molar-refractivity contribution in [3.05, 3.63) is 57.9 Å². The van der Waals surface area contributed by atoms with E-state index in [4.69, 9.17) is 4.52 Å². The average molecular weight is 353 g/mol. The van der Waals surface area contributed by atoms with Crippen molar-refractivity contribution in [2.24, 2.45) is 0 Å². The first-order chi connectivity index (χ1) is 12.1. The normalized spacial score (nSPS) is 13.8. The van der Waals surface area contributed by atoms with Gasteiger partial charge in [0, 0.05) is 22.4 Å². The lowest BCUT2D eigenvalue weighted by molar-refractivity contribution is 0.0942. The highest BCUT2D eigenvalue weighted by molar-refractivity contribution is 7.15. The standard InChI is InChI=1S/C19H19N3O2S/c1-11-5-3-4-6-14(11)19-21-12(2)17(25-19)10-20-18(23)15-9-16(24-22-15)13-7-8-13/h3-6,9,13H,7-8,10H2,1-2H3,(H,20,23). The summed E-state index contributed by atoms with van der Waals surface area (Å²) in [4.78, 5) is 18.0. The monoisotopic (exact) mass is 353 g/mol. The van der Waals surface area contributed by atoms with Crippen molar-refractivity contribution >= 4 is 17.2 Å². The van der Waals surface area contributed by atoms with Gasteiger partial charge in [0.1, 0.15) is 10.8 Å². The van der Waals surface area contributed by atoms with Gasteiger partial charge in [-0.25, -0.2) is 4.98 Å². The number of aromatic nitrogens is 2. The quantitative estimate of drug-likeness (QED) is 0.745. The molecule has 2 aromatic heterocycles. The maximum atomic E-state index is 12.3. The SMILES string of the molecule is Cc1ccccc1-c1nc(C)c(CNC(=O)c2cc(C3CC3)on2)s1. The third-order valence-electron chi connectivity index (χ3n) is 4.42. The Morgan fingerprint density at radius 3 is 2.88 bits per heavy atom. The van der Waals surface area contributed by atoms with E-state index in [1.807, 2.05) is 19.1 Å². The van der Waals surface area contributed by atoms with Gasteiger partial charge in [0.2, 0.25) is 0 Å². The predicted octanol–water partition coefficient (Wildman–Crippen LogP) is 4.22. The number of benzene rings is 1. The van der Waals surface area contributed by atoms with Crippen molar-refractivity contribution < 1.29 is 9.32 Å². The molecule has 1 aliphatic rings. The molecule has 6 heteroatoms. The molecule has 128 valence electrons. The van der Waals surface area contributed by atoms with E-state index >= 15 is 0 Å². The molecule has 2 heterocycles. The number of aryl methyl sites for hydroxylation is 2. The molecule has 1 fully saturated rings. The number of nitrogens with one attached hydrogen (secondary N) is 1. The topological polar surface area (TPSA) is 68.0 Å². The van der Waals surface area contributed by atoms with Crippen molar-refractivity contribution in [3.8, 4) is 10.6 Å². The van der Waals surface area contributed by atoms with Gasteiger partial charge in [0.15, 0.2) is 5.69 Å². The van der Waals surface area contributed by atoms with Crippen LogP contribution in [0.15, 0.2) is 34.9 Å². The number of nitrogens with zero attached hydrogens (tertiary/aromatic N) is 2. The Labute approximate surface area is 150 Å². The minimum atomic E-state index is -0.208. The second kappa shape index (κ2) is 6.44. The molecule has 5 nitrogen and oxygen atoms in total. The van der Waals surface area contributed by atoms with Crippen molar-refractivity contribution in [2.45, 2.75) is 39.2 Å². The Kier molecular flexibility index (Phi) is 4.13. The Morgan fingerprint density at radius 1 is 1.32 bits per heavy atom. The molecule has 0 bridgehead atoms. The van der Waals surface area contributed by atoms with Gasteiger partial charge in [0.25, 0.3) is 5.91 Å². The van der Waals surface area contributed by atoms with Crippen LogP contribution in [0.4, 0.5) is 0 Å². The molecule has 0 spiro atoms. The maximum Gasteiger partial charge on any atom is 0.273 e. The van der Waals surface area contributed by atoms with Crippen LogP contribution in [0.25, 0.3) is 10.6 Å². The van der Waals surface area contributed by atoms with Crippen molar-refractivity contribution in [3.63, 3.8) is 0 Å². The summed E-state index contributed by atoms with van der Waals surface area (Å²) in [5, 5.41) is 7.78. The smallest absolute Gasteiger partial charge is 0.273 e. The minimum absolute atomic E-state index is 0.208. The van der Waals surface area contributed by atoms with Crippen LogP contribution in [0.5, 0.6) is 0 Å². The molecule has 0 aliphatic heterocycles. The fraction of sp³-hybridized carbons (Fsp3) is 0.316. The van der Waals surface area contributed by atoms with Crippen molar-refractivity contribution in [1.82, 2.24) is 15.5 Å². The van der Waals surface area contributed by atoms with Gasteiger partial charge < -0.3 is 9.84 Å². The summed E-state index contributed by atoms with van der Waals surface area (Å²) in [7, 11) is 0. The van der Waals surface area contributed by atoms with Crippen LogP contribution in [0.2, 0.25) is 0 Å². The first kappa shape index (κ1) is 16.0. The van der Waals surface area contributed by atoms with Crippen LogP contribution in [0.1, 0.15) is 51.1 Å². The van der Waals surface area contributed by atoms with E-state index in [1.165, 1.54) is 5.56 Å². The van der Waals surface area contributed by atoms with E-state index in [-0.39, 0.29) is 5.91 Å². The third-order valence-corrected chi connectivity index (χ3v) is 5.61. The fourth-order valence-electron chi connectivity index (χ4n) is 2.73. The zero-order chi connectivity index (χ0) is 17.4. The lowest BCUT2D eigenvalue weighted by Gasteiger charge is -2.01. The van der Waals surface area contributed by atoms with E-state index < -0.39 is 0 Å². The molecule has 0 unspecified atom stereocenters. The molecule has 0 atom stereocenters. The summed E-state index contributed by atoms with van der Waals surface area (Å²) < 4.78 is 5.24. The van der Waals surface area contributed by atoms with Gasteiger partial charge in [-0.15, -0.1) is 11.3 Å². The summed E-state index contributed by atoms with van der Waals surface area (Å²) in [6, 6.07) is 9.95. The lowest BCUT2D eigenvalue weighted by Crippen LogP contribution is -2.22. The van der Waals surface area contributed by atoms with Gasteiger partial charge >= 0.3 is 0 Å². The third kappa shape index (κ3) is 3.35. The number of rotatable bonds is 5. The molecule has 3 aromatic rings. The van der Waals surface area contributed by atoms with E-state index in [1.54, 1.807) is 17.4 Å². The second-order valence-corrected chi connectivity index (χ2v) is 7.50. The summed E-state index contributed by atoms with van der Waals surface area (Å²) in [5.41, 5.74) is 3.63. The first-order valence-corrected chi connectivity index (χ1v) is 9.20. The Balaban J connectivity index is 1.45. The van der Waals surface area contributed by atoms with Gasteiger partial charge in [-0.2, -0.15) is 0 Å². The average Bonchev–Trinajstić information content (AvgIpc) is 3.22. The van der Waals surface area contributed by atoms with Crippen LogP contribution in [-0.4, -0.2) is 16.0 Å². The van der Waals surface area contributed by atoms with Crippen molar-refractivity contribution in [2.75, 3.05) is 0 Å². The Bertz CT molecular complexity index is 924. The molecule has 1 amide bonds.